The van der Waals surface area contributed by atoms with Crippen molar-refractivity contribution >= 4 is 58.0 Å². The van der Waals surface area contributed by atoms with Crippen molar-refractivity contribution in [3.05, 3.63) is 92.9 Å². The molecule has 0 saturated carbocycles. The van der Waals surface area contributed by atoms with Gasteiger partial charge in [0.25, 0.3) is 5.91 Å². The van der Waals surface area contributed by atoms with Gasteiger partial charge in [0.1, 0.15) is 5.92 Å². The number of hydrogen-bond donors (Lipinski definition) is 0. The SMILES string of the molecule is Cc1c(Cl)cccc1N1C(=O)[C@H]2[C@H](ON(c3ccccc3)[C@H]2c2ccc(Cl)cc2Cl)C1=O. The van der Waals surface area contributed by atoms with E-state index >= 15 is 0 Å². The molecule has 5 nitrogen and oxygen atoms in total. The van der Waals surface area contributed by atoms with Crippen molar-refractivity contribution < 1.29 is 14.4 Å². The van der Waals surface area contributed by atoms with Crippen LogP contribution in [-0.2, 0) is 14.4 Å². The number of rotatable bonds is 3. The van der Waals surface area contributed by atoms with E-state index in [2.05, 4.69) is 0 Å². The Labute approximate surface area is 200 Å². The summed E-state index contributed by atoms with van der Waals surface area (Å²) in [6.07, 6.45) is -0.988. The molecule has 2 heterocycles. The predicted octanol–water partition coefficient (Wildman–Crippen LogP) is 6.01. The van der Waals surface area contributed by atoms with Gasteiger partial charge in [-0.2, -0.15) is 0 Å². The zero-order valence-corrected chi connectivity index (χ0v) is 19.1. The minimum atomic E-state index is -0.988. The third-order valence-electron chi connectivity index (χ3n) is 5.89. The molecule has 2 saturated heterocycles. The average Bonchev–Trinajstić information content (AvgIpc) is 3.27. The monoisotopic (exact) mass is 486 g/mol. The molecule has 0 N–H and O–H groups in total. The fraction of sp³-hybridized carbons (Fsp3) is 0.167. The minimum Gasteiger partial charge on any atom is -0.273 e. The molecule has 5 rings (SSSR count). The van der Waals surface area contributed by atoms with Crippen molar-refractivity contribution in [1.29, 1.82) is 0 Å². The molecule has 0 radical (unpaired) electrons. The summed E-state index contributed by atoms with van der Waals surface area (Å²) in [5.74, 6) is -1.58. The van der Waals surface area contributed by atoms with Gasteiger partial charge in [0.2, 0.25) is 5.91 Å². The maximum atomic E-state index is 13.7. The van der Waals surface area contributed by atoms with E-state index in [1.54, 1.807) is 48.4 Å². The number of hydroxylamine groups is 1. The minimum absolute atomic E-state index is 0.361. The summed E-state index contributed by atoms with van der Waals surface area (Å²) in [6.45, 7) is 1.77. The smallest absolute Gasteiger partial charge is 0.266 e. The molecule has 0 spiro atoms. The van der Waals surface area contributed by atoms with Crippen molar-refractivity contribution in [3.8, 4) is 0 Å². The Hall–Kier alpha value is -2.57. The Kier molecular flexibility index (Phi) is 5.38. The molecule has 8 heteroatoms. The van der Waals surface area contributed by atoms with Crippen LogP contribution in [0, 0.1) is 12.8 Å². The van der Waals surface area contributed by atoms with Gasteiger partial charge in [-0.25, -0.2) is 9.96 Å². The van der Waals surface area contributed by atoms with Crippen LogP contribution in [-0.4, -0.2) is 17.9 Å². The first-order valence-corrected chi connectivity index (χ1v) is 11.1. The van der Waals surface area contributed by atoms with E-state index in [9.17, 15) is 9.59 Å². The maximum Gasteiger partial charge on any atom is 0.266 e. The molecule has 0 unspecified atom stereocenters. The molecular weight excluding hydrogens is 471 g/mol. The van der Waals surface area contributed by atoms with Gasteiger partial charge in [0.15, 0.2) is 6.10 Å². The van der Waals surface area contributed by atoms with Crippen molar-refractivity contribution in [3.63, 3.8) is 0 Å². The first-order valence-electron chi connectivity index (χ1n) is 9.97. The van der Waals surface area contributed by atoms with Gasteiger partial charge in [-0.05, 0) is 54.4 Å². The van der Waals surface area contributed by atoms with E-state index in [1.165, 1.54) is 4.90 Å². The number of carbonyl (C=O) groups is 2. The third-order valence-corrected chi connectivity index (χ3v) is 6.86. The van der Waals surface area contributed by atoms with Crippen LogP contribution in [0.5, 0.6) is 0 Å². The van der Waals surface area contributed by atoms with Crippen LogP contribution in [0.25, 0.3) is 0 Å². The highest BCUT2D eigenvalue weighted by Crippen LogP contribution is 2.49. The number of hydrogen-bond acceptors (Lipinski definition) is 4. The molecule has 3 atom stereocenters. The number of halogens is 3. The van der Waals surface area contributed by atoms with Crippen LogP contribution in [0.1, 0.15) is 17.2 Å². The van der Waals surface area contributed by atoms with Crippen LogP contribution in [0.2, 0.25) is 15.1 Å². The summed E-state index contributed by atoms with van der Waals surface area (Å²) >= 11 is 18.9. The van der Waals surface area contributed by atoms with Gasteiger partial charge in [-0.15, -0.1) is 0 Å². The molecule has 3 aromatic carbocycles. The number of fused-ring (bicyclic) bond motifs is 1. The molecule has 162 valence electrons. The zero-order chi connectivity index (χ0) is 22.6. The van der Waals surface area contributed by atoms with Gasteiger partial charge >= 0.3 is 0 Å². The second-order valence-electron chi connectivity index (χ2n) is 7.72. The molecule has 0 aromatic heterocycles. The van der Waals surface area contributed by atoms with Crippen molar-refractivity contribution in [1.82, 2.24) is 0 Å². The Morgan fingerprint density at radius 2 is 1.59 bits per heavy atom. The number of amides is 2. The van der Waals surface area contributed by atoms with Crippen LogP contribution in [0.3, 0.4) is 0 Å². The standard InChI is InChI=1S/C24H17Cl3N2O3/c1-13-17(26)8-5-9-19(13)28-23(30)20-21(16-11-10-14(25)12-18(16)27)29(32-22(20)24(28)31)15-6-3-2-4-7-15/h2-12,20-22H,1H3/t20-,21+,22+/m1/s1. The molecule has 3 aromatic rings. The molecule has 2 aliphatic rings. The second kappa shape index (κ2) is 8.09. The number of imide groups is 1. The average molecular weight is 488 g/mol. The first-order chi connectivity index (χ1) is 15.4. The lowest BCUT2D eigenvalue weighted by Crippen LogP contribution is -2.37. The van der Waals surface area contributed by atoms with Gasteiger partial charge in [-0.1, -0.05) is 65.1 Å². The predicted molar refractivity (Wildman–Crippen MR) is 125 cm³/mol. The van der Waals surface area contributed by atoms with E-state index in [0.29, 0.717) is 37.6 Å². The molecule has 2 amide bonds. The van der Waals surface area contributed by atoms with Crippen molar-refractivity contribution in [2.24, 2.45) is 5.92 Å². The van der Waals surface area contributed by atoms with Crippen molar-refractivity contribution in [2.75, 3.05) is 9.96 Å². The molecule has 32 heavy (non-hydrogen) atoms. The van der Waals surface area contributed by atoms with E-state index in [4.69, 9.17) is 39.6 Å². The lowest BCUT2D eigenvalue weighted by Gasteiger charge is -2.29. The number of benzene rings is 3. The number of anilines is 2. The third kappa shape index (κ3) is 3.28. The van der Waals surface area contributed by atoms with E-state index in [1.807, 2.05) is 30.3 Å². The number of carbonyl (C=O) groups excluding carboxylic acids is 2. The molecular formula is C24H17Cl3N2O3. The van der Waals surface area contributed by atoms with E-state index in [-0.39, 0.29) is 5.91 Å². The lowest BCUT2D eigenvalue weighted by atomic mass is 9.90. The summed E-state index contributed by atoms with van der Waals surface area (Å²) in [5.41, 5.74) is 2.47. The molecule has 0 aliphatic carbocycles. The normalized spacial score (nSPS) is 22.6. The summed E-state index contributed by atoms with van der Waals surface area (Å²) in [5, 5.41) is 2.95. The maximum absolute atomic E-state index is 13.7. The molecule has 2 aliphatic heterocycles. The topological polar surface area (TPSA) is 49.9 Å². The van der Waals surface area contributed by atoms with Gasteiger partial charge < -0.3 is 0 Å². The molecule has 0 bridgehead atoms. The van der Waals surface area contributed by atoms with Gasteiger partial charge in [0, 0.05) is 15.1 Å². The van der Waals surface area contributed by atoms with Crippen LogP contribution in [0.15, 0.2) is 66.7 Å². The summed E-state index contributed by atoms with van der Waals surface area (Å²) in [7, 11) is 0. The van der Waals surface area contributed by atoms with E-state index in [0.717, 1.165) is 0 Å². The Morgan fingerprint density at radius 3 is 2.31 bits per heavy atom. The Morgan fingerprint density at radius 1 is 0.844 bits per heavy atom. The fourth-order valence-electron chi connectivity index (χ4n) is 4.35. The highest BCUT2D eigenvalue weighted by atomic mass is 35.5. The second-order valence-corrected chi connectivity index (χ2v) is 8.97. The van der Waals surface area contributed by atoms with E-state index < -0.39 is 24.0 Å². The highest BCUT2D eigenvalue weighted by Gasteiger charge is 2.60. The quantitative estimate of drug-likeness (QED) is 0.425. The first kappa shape index (κ1) is 21.3. The van der Waals surface area contributed by atoms with Crippen LogP contribution >= 0.6 is 34.8 Å². The Balaban J connectivity index is 1.63. The fourth-order valence-corrected chi connectivity index (χ4v) is 5.04. The Bertz CT molecular complexity index is 1230. The van der Waals surface area contributed by atoms with Gasteiger partial charge in [-0.3, -0.25) is 14.4 Å². The molecule has 2 fully saturated rings. The summed E-state index contributed by atoms with van der Waals surface area (Å²) < 4.78 is 0. The largest absolute Gasteiger partial charge is 0.273 e. The summed E-state index contributed by atoms with van der Waals surface area (Å²) in [6, 6.07) is 18.9. The highest BCUT2D eigenvalue weighted by molar-refractivity contribution is 6.35. The van der Waals surface area contributed by atoms with Crippen LogP contribution < -0.4 is 9.96 Å². The lowest BCUT2D eigenvalue weighted by molar-refractivity contribution is -0.126. The summed E-state index contributed by atoms with van der Waals surface area (Å²) in [4.78, 5) is 34.4. The van der Waals surface area contributed by atoms with Crippen molar-refractivity contribution in [2.45, 2.75) is 19.1 Å². The van der Waals surface area contributed by atoms with Gasteiger partial charge in [0.05, 0.1) is 17.4 Å². The number of nitrogens with zero attached hydrogens (tertiary/aromatic N) is 2. The van der Waals surface area contributed by atoms with Crippen LogP contribution in [0.4, 0.5) is 11.4 Å². The zero-order valence-electron chi connectivity index (χ0n) is 16.8. The number of para-hydroxylation sites is 1.